The van der Waals surface area contributed by atoms with E-state index in [1.54, 1.807) is 19.1 Å². The van der Waals surface area contributed by atoms with E-state index in [4.69, 9.17) is 4.74 Å². The number of carbonyl (C=O) groups excluding carboxylic acids is 2. The Labute approximate surface area is 320 Å². The molecule has 1 aliphatic heterocycles. The highest BCUT2D eigenvalue weighted by Gasteiger charge is 2.57. The number of nitrogens with one attached hydrogen (secondary N) is 1. The number of ether oxygens (including phenoxy) is 1. The highest BCUT2D eigenvalue weighted by molar-refractivity contribution is 7.89. The highest BCUT2D eigenvalue weighted by Crippen LogP contribution is 2.61. The van der Waals surface area contributed by atoms with E-state index in [1.165, 1.54) is 16.8 Å². The molecule has 1 unspecified atom stereocenters. The molecule has 54 heavy (non-hydrogen) atoms. The van der Waals surface area contributed by atoms with Crippen molar-refractivity contribution in [2.45, 2.75) is 118 Å². The molecule has 1 saturated heterocycles. The van der Waals surface area contributed by atoms with Gasteiger partial charge in [-0.1, -0.05) is 77.9 Å². The summed E-state index contributed by atoms with van der Waals surface area (Å²) in [6.45, 7) is 16.2. The number of halogens is 3. The van der Waals surface area contributed by atoms with Gasteiger partial charge in [0.2, 0.25) is 15.9 Å². The van der Waals surface area contributed by atoms with Gasteiger partial charge in [0.25, 0.3) is 0 Å². The number of alkyl halides is 3. The molecule has 2 bridgehead atoms. The average Bonchev–Trinajstić information content (AvgIpc) is 3.34. The molecule has 13 heteroatoms. The Kier molecular flexibility index (Phi) is 12.4. The molecule has 1 amide bonds. The predicted molar refractivity (Wildman–Crippen MR) is 204 cm³/mol. The number of hydrogen-bond donors (Lipinski definition) is 1. The van der Waals surface area contributed by atoms with Crippen LogP contribution in [0.4, 0.5) is 13.2 Å². The molecule has 1 heterocycles. The molecule has 0 spiro atoms. The van der Waals surface area contributed by atoms with E-state index in [2.05, 4.69) is 56.7 Å². The monoisotopic (exact) mass is 776 g/mol. The van der Waals surface area contributed by atoms with Crippen molar-refractivity contribution in [2.24, 2.45) is 28.6 Å². The summed E-state index contributed by atoms with van der Waals surface area (Å²) < 4.78 is 72.9. The molecule has 2 aromatic carbocycles. The van der Waals surface area contributed by atoms with Gasteiger partial charge in [-0.2, -0.15) is 17.5 Å². The molecule has 4 fully saturated rings. The lowest BCUT2D eigenvalue weighted by Gasteiger charge is -2.62. The average molecular weight is 777 g/mol. The van der Waals surface area contributed by atoms with E-state index >= 15 is 0 Å². The van der Waals surface area contributed by atoms with Gasteiger partial charge in [0, 0.05) is 43.8 Å². The first-order valence-electron chi connectivity index (χ1n) is 19.1. The second kappa shape index (κ2) is 15.9. The maximum absolute atomic E-state index is 13.7. The van der Waals surface area contributed by atoms with E-state index in [9.17, 15) is 31.2 Å². The lowest BCUT2D eigenvalue weighted by Crippen LogP contribution is -2.61. The number of aryl methyl sites for hydroxylation is 1. The van der Waals surface area contributed by atoms with Gasteiger partial charge in [-0.15, -0.1) is 0 Å². The van der Waals surface area contributed by atoms with E-state index < -0.39 is 28.2 Å². The molecule has 0 aromatic heterocycles. The van der Waals surface area contributed by atoms with Crippen molar-refractivity contribution in [2.75, 3.05) is 26.4 Å². The van der Waals surface area contributed by atoms with Crippen LogP contribution in [0, 0.1) is 35.5 Å². The molecular weight excluding hydrogens is 718 g/mol. The molecule has 3 saturated carbocycles. The number of fused-ring (bicyclic) bond motifs is 2. The van der Waals surface area contributed by atoms with E-state index in [0.29, 0.717) is 42.0 Å². The minimum Gasteiger partial charge on any atom is -0.420 e. The zero-order valence-electron chi connectivity index (χ0n) is 33.3. The number of nitrogens with zero attached hydrogens (tertiary/aromatic N) is 3. The third-order valence-corrected chi connectivity index (χ3v) is 13.9. The minimum atomic E-state index is -5.14. The van der Waals surface area contributed by atoms with Crippen LogP contribution in [0.5, 0.6) is 5.75 Å². The van der Waals surface area contributed by atoms with Gasteiger partial charge in [-0.05, 0) is 98.0 Å². The van der Waals surface area contributed by atoms with Crippen molar-refractivity contribution >= 4 is 21.9 Å². The fraction of sp³-hybridized carbons (Fsp3) is 0.659. The van der Waals surface area contributed by atoms with E-state index in [1.807, 2.05) is 38.4 Å². The van der Waals surface area contributed by atoms with Crippen LogP contribution in [-0.2, 0) is 39.2 Å². The molecule has 1 N–H and O–H groups in total. The van der Waals surface area contributed by atoms with E-state index in [-0.39, 0.29) is 59.8 Å². The van der Waals surface area contributed by atoms with Crippen LogP contribution in [-0.4, -0.2) is 85.1 Å². The number of sulfonamides is 1. The zero-order valence-corrected chi connectivity index (χ0v) is 34.1. The Hall–Kier alpha value is -3.00. The summed E-state index contributed by atoms with van der Waals surface area (Å²) in [5, 5.41) is 3.25. The van der Waals surface area contributed by atoms with Crippen molar-refractivity contribution in [3.63, 3.8) is 0 Å². The number of hydrogen-bond acceptors (Lipinski definition) is 7. The molecule has 2 aromatic rings. The summed E-state index contributed by atoms with van der Waals surface area (Å²) in [5.41, 5.74) is 2.88. The summed E-state index contributed by atoms with van der Waals surface area (Å²) in [5.74, 6) is -1.31. The van der Waals surface area contributed by atoms with Crippen LogP contribution >= 0.6 is 0 Å². The normalized spacial score (nSPS) is 25.7. The van der Waals surface area contributed by atoms with Gasteiger partial charge in [-0.25, -0.2) is 13.2 Å². The summed E-state index contributed by atoms with van der Waals surface area (Å²) in [6, 6.07) is 11.7. The Morgan fingerprint density at radius 2 is 1.72 bits per heavy atom. The summed E-state index contributed by atoms with van der Waals surface area (Å²) >= 11 is 0. The summed E-state index contributed by atoms with van der Waals surface area (Å²) in [4.78, 5) is 29.9. The molecule has 0 radical (unpaired) electrons. The highest BCUT2D eigenvalue weighted by atomic mass is 32.2. The van der Waals surface area contributed by atoms with Crippen LogP contribution < -0.4 is 10.1 Å². The number of amides is 1. The van der Waals surface area contributed by atoms with Crippen LogP contribution in [0.3, 0.4) is 0 Å². The molecule has 3 aliphatic carbocycles. The number of benzene rings is 2. The van der Waals surface area contributed by atoms with Crippen LogP contribution in [0.2, 0.25) is 0 Å². The van der Waals surface area contributed by atoms with Gasteiger partial charge in [0.1, 0.15) is 11.8 Å². The SMILES string of the molecule is Cc1ccc(CN(Cc2cccc(CN3C(C(=O)N[C@H]4C[C@H]5C[C@@H]([C@@H]4C)C5(C)C)CCS3(=O)=O)c2)[C@H](CN(C)C)CC(C)(C)C)c(OC(=O)C(F)(F)F)c1. The smallest absolute Gasteiger partial charge is 0.420 e. The van der Waals surface area contributed by atoms with Crippen molar-refractivity contribution < 1.29 is 35.9 Å². The second-order valence-electron chi connectivity index (χ2n) is 18.1. The molecule has 9 nitrogen and oxygen atoms in total. The standard InChI is InChI=1S/C41H59F3N4O5S/c1-26-13-14-30(36(17-26)53-38(50)41(42,43)44)24-47(32(25-46(8)9)21-39(3,4)5)22-28-11-10-12-29(18-28)23-48-35(15-16-54(48,51)52)37(49)45-34-20-31-19-33(27(34)2)40(31,6)7/h10-14,17-18,27,31-35H,15-16,19-25H2,1-9H3,(H,45,49)/t27-,31+,32-,33-,34-,35?/m0/s1. The Balaban J connectivity index is 1.39. The summed E-state index contributed by atoms with van der Waals surface area (Å²) in [7, 11) is 0.269. The Morgan fingerprint density at radius 1 is 1.04 bits per heavy atom. The Bertz CT molecular complexity index is 1790. The van der Waals surface area contributed by atoms with Gasteiger partial charge in [-0.3, -0.25) is 9.69 Å². The largest absolute Gasteiger partial charge is 0.491 e. The van der Waals surface area contributed by atoms with Gasteiger partial charge >= 0.3 is 12.1 Å². The number of esters is 1. The lowest BCUT2D eigenvalue weighted by molar-refractivity contribution is -0.189. The minimum absolute atomic E-state index is 0.0305. The Morgan fingerprint density at radius 3 is 2.33 bits per heavy atom. The van der Waals surface area contributed by atoms with Crippen molar-refractivity contribution in [3.05, 3.63) is 64.7 Å². The first-order valence-corrected chi connectivity index (χ1v) is 20.7. The fourth-order valence-corrected chi connectivity index (χ4v) is 10.8. The van der Waals surface area contributed by atoms with Crippen molar-refractivity contribution in [1.82, 2.24) is 19.4 Å². The predicted octanol–water partition coefficient (Wildman–Crippen LogP) is 6.92. The molecule has 6 atom stereocenters. The van der Waals surface area contributed by atoms with Gasteiger partial charge < -0.3 is 15.0 Å². The number of carbonyl (C=O) groups is 2. The van der Waals surface area contributed by atoms with Crippen molar-refractivity contribution in [3.8, 4) is 5.75 Å². The van der Waals surface area contributed by atoms with Crippen LogP contribution in [0.15, 0.2) is 42.5 Å². The van der Waals surface area contributed by atoms with E-state index in [0.717, 1.165) is 24.0 Å². The van der Waals surface area contributed by atoms with Crippen LogP contribution in [0.25, 0.3) is 0 Å². The summed E-state index contributed by atoms with van der Waals surface area (Å²) in [6.07, 6.45) is -2.06. The van der Waals surface area contributed by atoms with Gasteiger partial charge in [0.15, 0.2) is 0 Å². The molecular formula is C41H59F3N4O5S. The van der Waals surface area contributed by atoms with Crippen LogP contribution in [0.1, 0.15) is 89.5 Å². The topological polar surface area (TPSA) is 99.3 Å². The number of rotatable bonds is 13. The maximum Gasteiger partial charge on any atom is 0.491 e. The molecule has 4 aliphatic rings. The maximum atomic E-state index is 13.7. The van der Waals surface area contributed by atoms with Crippen molar-refractivity contribution in [1.29, 1.82) is 0 Å². The zero-order chi connectivity index (χ0) is 40.0. The third-order valence-electron chi connectivity index (χ3n) is 12.0. The number of likely N-dealkylation sites (N-methyl/N-ethyl adjacent to an activating group) is 1. The quantitative estimate of drug-likeness (QED) is 0.174. The fourth-order valence-electron chi connectivity index (χ4n) is 9.06. The first-order chi connectivity index (χ1) is 24.9. The van der Waals surface area contributed by atoms with Gasteiger partial charge in [0.05, 0.1) is 5.75 Å². The second-order valence-corrected chi connectivity index (χ2v) is 20.2. The lowest BCUT2D eigenvalue weighted by atomic mass is 9.45. The third kappa shape index (κ3) is 9.86. The molecule has 6 rings (SSSR count). The first kappa shape index (κ1) is 42.1. The molecule has 300 valence electrons.